The fourth-order valence-corrected chi connectivity index (χ4v) is 5.49. The van der Waals surface area contributed by atoms with Crippen molar-refractivity contribution in [2.24, 2.45) is 11.8 Å². The normalized spacial score (nSPS) is 16.9. The van der Waals surface area contributed by atoms with Gasteiger partial charge in [0.1, 0.15) is 29.1 Å². The fourth-order valence-electron chi connectivity index (χ4n) is 5.49. The van der Waals surface area contributed by atoms with Crippen molar-refractivity contribution >= 4 is 34.7 Å². The Kier molecular flexibility index (Phi) is 7.75. The van der Waals surface area contributed by atoms with Gasteiger partial charge in [0.2, 0.25) is 11.8 Å². The number of hydrogen-bond acceptors (Lipinski definition) is 4. The molecule has 2 amide bonds. The van der Waals surface area contributed by atoms with E-state index < -0.39 is 12.1 Å². The van der Waals surface area contributed by atoms with Crippen molar-refractivity contribution in [1.82, 2.24) is 18.8 Å². The first-order valence-electron chi connectivity index (χ1n) is 15.4. The average Bonchev–Trinajstić information content (AvgIpc) is 3.96. The van der Waals surface area contributed by atoms with Crippen LogP contribution in [0, 0.1) is 37.3 Å². The van der Waals surface area contributed by atoms with E-state index in [1.54, 1.807) is 48.8 Å². The van der Waals surface area contributed by atoms with Crippen molar-refractivity contribution in [2.45, 2.75) is 39.3 Å². The molecule has 2 atom stereocenters. The third-order valence-corrected chi connectivity index (χ3v) is 8.56. The number of halogens is 3. The van der Waals surface area contributed by atoms with Crippen molar-refractivity contribution in [3.63, 3.8) is 0 Å². The van der Waals surface area contributed by atoms with E-state index in [-0.39, 0.29) is 35.8 Å². The summed E-state index contributed by atoms with van der Waals surface area (Å²) in [4.78, 5) is 32.3. The number of alkyl halides is 1. The van der Waals surface area contributed by atoms with Crippen LogP contribution in [0.1, 0.15) is 30.4 Å². The number of carbonyl (C=O) groups excluding carboxylic acids is 2. The topological polar surface area (TPSA) is 92.8 Å². The maximum absolute atomic E-state index is 13.7. The van der Waals surface area contributed by atoms with Gasteiger partial charge in [0.15, 0.2) is 11.6 Å². The number of fused-ring (bicyclic) bond motifs is 2. The molecule has 4 aromatic heterocycles. The molecule has 8 nitrogen and oxygen atoms in total. The lowest BCUT2D eigenvalue weighted by atomic mass is 10.0. The van der Waals surface area contributed by atoms with Gasteiger partial charge in [-0.1, -0.05) is 24.3 Å². The van der Waals surface area contributed by atoms with E-state index >= 15 is 0 Å². The second-order valence-electron chi connectivity index (χ2n) is 12.1. The van der Waals surface area contributed by atoms with Gasteiger partial charge in [-0.3, -0.25) is 9.59 Å². The first-order valence-corrected chi connectivity index (χ1v) is 15.4. The monoisotopic (exact) mass is 636 g/mol. The minimum atomic E-state index is -1.04. The minimum Gasteiger partial charge on any atom is -0.309 e. The summed E-state index contributed by atoms with van der Waals surface area (Å²) < 4.78 is 44.0. The molecular formula is C36H31F3N6O2. The molecule has 2 fully saturated rings. The van der Waals surface area contributed by atoms with Crippen molar-refractivity contribution < 1.29 is 22.8 Å². The van der Waals surface area contributed by atoms with Gasteiger partial charge in [0, 0.05) is 18.3 Å². The number of hydrogen-bond donors (Lipinski definition) is 2. The van der Waals surface area contributed by atoms with E-state index in [1.165, 1.54) is 12.1 Å². The summed E-state index contributed by atoms with van der Waals surface area (Å²) in [5.74, 6) is -0.253. The number of rotatable bonds is 6. The summed E-state index contributed by atoms with van der Waals surface area (Å²) in [6.45, 7) is 3.50. The van der Waals surface area contributed by atoms with E-state index in [1.807, 2.05) is 47.1 Å². The van der Waals surface area contributed by atoms with Crippen LogP contribution in [0.5, 0.6) is 0 Å². The molecular weight excluding hydrogens is 605 g/mol. The van der Waals surface area contributed by atoms with Crippen LogP contribution in [0.4, 0.5) is 24.8 Å². The second kappa shape index (κ2) is 12.1. The Hall–Kier alpha value is -5.45. The van der Waals surface area contributed by atoms with Crippen LogP contribution in [0.25, 0.3) is 33.5 Å². The van der Waals surface area contributed by atoms with Crippen LogP contribution < -0.4 is 10.6 Å². The largest absolute Gasteiger partial charge is 0.309 e. The number of amides is 2. The van der Waals surface area contributed by atoms with E-state index in [0.717, 1.165) is 40.7 Å². The highest BCUT2D eigenvalue weighted by Gasteiger charge is 2.43. The molecule has 2 aromatic carbocycles. The Morgan fingerprint density at radius 2 is 1.17 bits per heavy atom. The van der Waals surface area contributed by atoms with Gasteiger partial charge in [-0.05, 0) is 103 Å². The quantitative estimate of drug-likeness (QED) is 0.198. The molecule has 8 rings (SSSR count). The lowest BCUT2D eigenvalue weighted by Crippen LogP contribution is -2.15. The summed E-state index contributed by atoms with van der Waals surface area (Å²) in [5, 5.41) is 5.47. The number of aromatic nitrogens is 4. The molecule has 47 heavy (non-hydrogen) atoms. The van der Waals surface area contributed by atoms with Gasteiger partial charge < -0.3 is 19.4 Å². The molecule has 0 radical (unpaired) electrons. The van der Waals surface area contributed by atoms with E-state index in [0.29, 0.717) is 28.4 Å². The maximum Gasteiger partial charge on any atom is 0.231 e. The maximum atomic E-state index is 13.7. The van der Waals surface area contributed by atoms with Crippen molar-refractivity contribution in [1.29, 1.82) is 0 Å². The zero-order valence-electron chi connectivity index (χ0n) is 25.7. The molecule has 2 unspecified atom stereocenters. The summed E-state index contributed by atoms with van der Waals surface area (Å²) in [6.07, 6.45) is 8.34. The molecule has 0 spiro atoms. The van der Waals surface area contributed by atoms with Gasteiger partial charge >= 0.3 is 0 Å². The molecule has 2 saturated carbocycles. The standard InChI is InChI=1S/C18H15F2N3O.C18H16FN3O/c1-10-12(3-2-4-14(10)19)11-5-6-17-21-16(9-23(17)8-11)22-18(24)13-7-15(13)20;1-11-14(3-2-4-15(11)19)13-7-8-17-20-16(10-22(17)9-13)21-18(23)12-5-6-12/h2-6,8-9,13,15H,7H2,1H3,(H,22,24);2-4,7-10,12H,5-6H2,1H3,(H,21,23). The summed E-state index contributed by atoms with van der Waals surface area (Å²) in [6, 6.07) is 17.4. The van der Waals surface area contributed by atoms with Crippen LogP contribution in [0.15, 0.2) is 85.5 Å². The second-order valence-corrected chi connectivity index (χ2v) is 12.1. The van der Waals surface area contributed by atoms with Gasteiger partial charge in [-0.2, -0.15) is 0 Å². The molecule has 0 bridgehead atoms. The molecule has 2 N–H and O–H groups in total. The van der Waals surface area contributed by atoms with Crippen LogP contribution in [0.3, 0.4) is 0 Å². The molecule has 2 aliphatic carbocycles. The van der Waals surface area contributed by atoms with Crippen LogP contribution in [-0.2, 0) is 9.59 Å². The zero-order chi connectivity index (χ0) is 32.8. The first-order chi connectivity index (χ1) is 22.6. The number of pyridine rings is 2. The minimum absolute atomic E-state index is 0.0367. The van der Waals surface area contributed by atoms with E-state index in [2.05, 4.69) is 20.6 Å². The highest BCUT2D eigenvalue weighted by atomic mass is 19.1. The van der Waals surface area contributed by atoms with Crippen LogP contribution in [-0.4, -0.2) is 36.8 Å². The Morgan fingerprint density at radius 3 is 1.62 bits per heavy atom. The van der Waals surface area contributed by atoms with E-state index in [9.17, 15) is 22.8 Å². The molecule has 11 heteroatoms. The predicted molar refractivity (Wildman–Crippen MR) is 174 cm³/mol. The Bertz CT molecular complexity index is 2170. The lowest BCUT2D eigenvalue weighted by Gasteiger charge is -2.07. The molecule has 238 valence electrons. The smallest absolute Gasteiger partial charge is 0.231 e. The average molecular weight is 637 g/mol. The van der Waals surface area contributed by atoms with Gasteiger partial charge in [-0.25, -0.2) is 23.1 Å². The Balaban J connectivity index is 0.000000150. The summed E-state index contributed by atoms with van der Waals surface area (Å²) in [7, 11) is 0. The summed E-state index contributed by atoms with van der Waals surface area (Å²) >= 11 is 0. The number of carbonyl (C=O) groups is 2. The predicted octanol–water partition coefficient (Wildman–Crippen LogP) is 7.54. The molecule has 4 heterocycles. The van der Waals surface area contributed by atoms with Crippen LogP contribution >= 0.6 is 0 Å². The van der Waals surface area contributed by atoms with Gasteiger partial charge in [-0.15, -0.1) is 0 Å². The Morgan fingerprint density at radius 1 is 0.702 bits per heavy atom. The highest BCUT2D eigenvalue weighted by Crippen LogP contribution is 2.35. The third kappa shape index (κ3) is 6.33. The number of imidazole rings is 2. The number of nitrogens with one attached hydrogen (secondary N) is 2. The first kappa shape index (κ1) is 30.2. The zero-order valence-corrected chi connectivity index (χ0v) is 25.7. The summed E-state index contributed by atoms with van der Waals surface area (Å²) in [5.41, 5.74) is 6.00. The molecule has 2 aliphatic rings. The van der Waals surface area contributed by atoms with E-state index in [4.69, 9.17) is 0 Å². The van der Waals surface area contributed by atoms with Crippen molar-refractivity contribution in [3.8, 4) is 22.3 Å². The Labute approximate surface area is 268 Å². The molecule has 0 aliphatic heterocycles. The van der Waals surface area contributed by atoms with Crippen molar-refractivity contribution in [2.75, 3.05) is 10.6 Å². The number of benzene rings is 2. The highest BCUT2D eigenvalue weighted by molar-refractivity contribution is 5.94. The fraction of sp³-hybridized carbons (Fsp3) is 0.222. The van der Waals surface area contributed by atoms with Gasteiger partial charge in [0.25, 0.3) is 0 Å². The molecule has 0 saturated heterocycles. The van der Waals surface area contributed by atoms with Crippen LogP contribution in [0.2, 0.25) is 0 Å². The van der Waals surface area contributed by atoms with Gasteiger partial charge in [0.05, 0.1) is 18.3 Å². The SMILES string of the molecule is Cc1c(F)cccc1-c1ccc2nc(NC(=O)C3CC3)cn2c1.Cc1c(F)cccc1-c1ccc2nc(NC(=O)C3CC3F)cn2c1. The number of nitrogens with zero attached hydrogens (tertiary/aromatic N) is 4. The third-order valence-electron chi connectivity index (χ3n) is 8.56. The molecule has 6 aromatic rings. The lowest BCUT2D eigenvalue weighted by molar-refractivity contribution is -0.118. The van der Waals surface area contributed by atoms with Crippen molar-refractivity contribution in [3.05, 3.63) is 108 Å². The number of anilines is 2.